The largest absolute Gasteiger partial charge is 0.467 e. The summed E-state index contributed by atoms with van der Waals surface area (Å²) < 4.78 is 4.63. The summed E-state index contributed by atoms with van der Waals surface area (Å²) in [7, 11) is 1.28. The van der Waals surface area contributed by atoms with E-state index in [2.05, 4.69) is 10.1 Å². The Labute approximate surface area is 120 Å². The molecule has 1 atom stereocenters. The van der Waals surface area contributed by atoms with Crippen molar-refractivity contribution in [1.82, 2.24) is 5.32 Å². The van der Waals surface area contributed by atoms with Crippen LogP contribution in [0.15, 0.2) is 23.1 Å². The molecule has 0 fully saturated rings. The van der Waals surface area contributed by atoms with Crippen LogP contribution in [0.4, 0.5) is 5.69 Å². The number of nitrogens with one attached hydrogen (secondary N) is 1. The predicted octanol–water partition coefficient (Wildman–Crippen LogP) is 1.69. The van der Waals surface area contributed by atoms with Gasteiger partial charge in [-0.05, 0) is 18.2 Å². The van der Waals surface area contributed by atoms with Gasteiger partial charge in [0.1, 0.15) is 6.04 Å². The molecular weight excluding hydrogens is 288 g/mol. The van der Waals surface area contributed by atoms with Crippen molar-refractivity contribution >= 4 is 40.9 Å². The van der Waals surface area contributed by atoms with Gasteiger partial charge in [0.25, 0.3) is 0 Å². The summed E-state index contributed by atoms with van der Waals surface area (Å²) in [5.74, 6) is -0.454. The van der Waals surface area contributed by atoms with E-state index in [1.807, 2.05) is 0 Å². The fourth-order valence-electron chi connectivity index (χ4n) is 1.36. The number of methoxy groups -OCH3 is 1. The number of rotatable bonds is 5. The molecule has 3 N–H and O–H groups in total. The molecule has 5 nitrogen and oxygen atoms in total. The summed E-state index contributed by atoms with van der Waals surface area (Å²) in [5, 5.41) is 3.04. The van der Waals surface area contributed by atoms with Gasteiger partial charge >= 0.3 is 5.97 Å². The molecular formula is C12H15ClN2O3S. The maximum atomic E-state index is 11.5. The van der Waals surface area contributed by atoms with E-state index in [4.69, 9.17) is 17.3 Å². The van der Waals surface area contributed by atoms with E-state index in [1.54, 1.807) is 18.2 Å². The number of thioether (sulfide) groups is 1. The topological polar surface area (TPSA) is 81.4 Å². The van der Waals surface area contributed by atoms with Gasteiger partial charge in [-0.2, -0.15) is 0 Å². The molecule has 0 heterocycles. The van der Waals surface area contributed by atoms with E-state index in [-0.39, 0.29) is 5.91 Å². The van der Waals surface area contributed by atoms with Crippen LogP contribution in [0.5, 0.6) is 0 Å². The summed E-state index contributed by atoms with van der Waals surface area (Å²) in [5.41, 5.74) is 6.16. The molecule has 0 spiro atoms. The smallest absolute Gasteiger partial charge is 0.329 e. The zero-order valence-electron chi connectivity index (χ0n) is 10.6. The number of carbonyl (C=O) groups excluding carboxylic acids is 2. The number of amides is 1. The van der Waals surface area contributed by atoms with Crippen molar-refractivity contribution in [2.75, 3.05) is 18.6 Å². The second-order valence-corrected chi connectivity index (χ2v) is 5.25. The molecule has 7 heteroatoms. The maximum absolute atomic E-state index is 11.5. The third-order valence-corrected chi connectivity index (χ3v) is 3.82. The van der Waals surface area contributed by atoms with Crippen molar-refractivity contribution < 1.29 is 14.3 Å². The first-order chi connectivity index (χ1) is 8.93. The molecule has 0 radical (unpaired) electrons. The second kappa shape index (κ2) is 7.25. The molecule has 19 heavy (non-hydrogen) atoms. The number of nitrogens with two attached hydrogens (primary N) is 1. The molecule has 0 bridgehead atoms. The molecule has 0 aliphatic rings. The third kappa shape index (κ3) is 5.00. The number of hydrogen-bond acceptors (Lipinski definition) is 5. The summed E-state index contributed by atoms with van der Waals surface area (Å²) in [4.78, 5) is 23.3. The SMILES string of the molecule is COC(=O)C(CSc1ccc(N)cc1Cl)NC(C)=O. The van der Waals surface area contributed by atoms with Crippen LogP contribution < -0.4 is 11.1 Å². The highest BCUT2D eigenvalue weighted by Crippen LogP contribution is 2.29. The van der Waals surface area contributed by atoms with Gasteiger partial charge in [0, 0.05) is 23.3 Å². The molecule has 1 unspecified atom stereocenters. The number of carbonyl (C=O) groups is 2. The summed E-state index contributed by atoms with van der Waals surface area (Å²) in [6, 6.07) is 4.42. The Balaban J connectivity index is 2.70. The summed E-state index contributed by atoms with van der Waals surface area (Å²) >= 11 is 7.37. The van der Waals surface area contributed by atoms with Crippen LogP contribution in [0, 0.1) is 0 Å². The van der Waals surface area contributed by atoms with Gasteiger partial charge in [-0.1, -0.05) is 11.6 Å². The number of anilines is 1. The first kappa shape index (κ1) is 15.7. The average molecular weight is 303 g/mol. The van der Waals surface area contributed by atoms with Crippen LogP contribution >= 0.6 is 23.4 Å². The van der Waals surface area contributed by atoms with Crippen molar-refractivity contribution in [2.45, 2.75) is 17.9 Å². The Bertz CT molecular complexity index is 482. The number of nitrogen functional groups attached to an aromatic ring is 1. The standard InChI is InChI=1S/C12H15ClN2O3S/c1-7(16)15-10(12(17)18-2)6-19-11-4-3-8(14)5-9(11)13/h3-5,10H,6,14H2,1-2H3,(H,15,16). The summed E-state index contributed by atoms with van der Waals surface area (Å²) in [6.07, 6.45) is 0. The molecule has 104 valence electrons. The van der Waals surface area contributed by atoms with E-state index >= 15 is 0 Å². The Morgan fingerprint density at radius 2 is 2.21 bits per heavy atom. The predicted molar refractivity (Wildman–Crippen MR) is 76.2 cm³/mol. The molecule has 0 aromatic heterocycles. The Kier molecular flexibility index (Phi) is 5.98. The van der Waals surface area contributed by atoms with Crippen LogP contribution in [0.25, 0.3) is 0 Å². The van der Waals surface area contributed by atoms with Crippen LogP contribution in [0.2, 0.25) is 5.02 Å². The average Bonchev–Trinajstić information content (AvgIpc) is 2.34. The fraction of sp³-hybridized carbons (Fsp3) is 0.333. The van der Waals surface area contributed by atoms with Gasteiger partial charge in [-0.3, -0.25) is 4.79 Å². The molecule has 0 aliphatic carbocycles. The van der Waals surface area contributed by atoms with Crippen LogP contribution in [0.3, 0.4) is 0 Å². The van der Waals surface area contributed by atoms with E-state index in [9.17, 15) is 9.59 Å². The number of esters is 1. The maximum Gasteiger partial charge on any atom is 0.329 e. The van der Waals surface area contributed by atoms with E-state index < -0.39 is 12.0 Å². The number of hydrogen-bond donors (Lipinski definition) is 2. The molecule has 0 saturated heterocycles. The first-order valence-electron chi connectivity index (χ1n) is 5.46. The highest BCUT2D eigenvalue weighted by atomic mass is 35.5. The molecule has 1 aromatic carbocycles. The number of halogens is 1. The normalized spacial score (nSPS) is 11.7. The van der Waals surface area contributed by atoms with Gasteiger partial charge in [0.05, 0.1) is 12.1 Å². The lowest BCUT2D eigenvalue weighted by atomic mass is 10.3. The van der Waals surface area contributed by atoms with Crippen LogP contribution in [0.1, 0.15) is 6.92 Å². The van der Waals surface area contributed by atoms with Gasteiger partial charge in [-0.15, -0.1) is 11.8 Å². The fourth-order valence-corrected chi connectivity index (χ4v) is 2.64. The van der Waals surface area contributed by atoms with Gasteiger partial charge in [0.2, 0.25) is 5.91 Å². The van der Waals surface area contributed by atoms with Gasteiger partial charge in [0.15, 0.2) is 0 Å². The van der Waals surface area contributed by atoms with Crippen LogP contribution in [-0.2, 0) is 14.3 Å². The van der Waals surface area contributed by atoms with Crippen molar-refractivity contribution in [3.05, 3.63) is 23.2 Å². The lowest BCUT2D eigenvalue weighted by Gasteiger charge is -2.15. The minimum absolute atomic E-state index is 0.292. The third-order valence-electron chi connectivity index (χ3n) is 2.22. The Morgan fingerprint density at radius 1 is 1.53 bits per heavy atom. The molecule has 1 amide bonds. The minimum atomic E-state index is -0.707. The molecule has 1 rings (SSSR count). The van der Waals surface area contributed by atoms with E-state index in [0.717, 1.165) is 4.90 Å². The van der Waals surface area contributed by atoms with E-state index in [1.165, 1.54) is 25.8 Å². The van der Waals surface area contributed by atoms with Gasteiger partial charge < -0.3 is 15.8 Å². The first-order valence-corrected chi connectivity index (χ1v) is 6.83. The summed E-state index contributed by atoms with van der Waals surface area (Å²) in [6.45, 7) is 1.34. The second-order valence-electron chi connectivity index (χ2n) is 3.78. The van der Waals surface area contributed by atoms with Crippen molar-refractivity contribution in [2.24, 2.45) is 0 Å². The van der Waals surface area contributed by atoms with Crippen molar-refractivity contribution in [3.63, 3.8) is 0 Å². The number of benzene rings is 1. The minimum Gasteiger partial charge on any atom is -0.467 e. The monoisotopic (exact) mass is 302 g/mol. The van der Waals surface area contributed by atoms with E-state index in [0.29, 0.717) is 16.5 Å². The zero-order chi connectivity index (χ0) is 14.4. The lowest BCUT2D eigenvalue weighted by molar-refractivity contribution is -0.144. The quantitative estimate of drug-likeness (QED) is 0.491. The lowest BCUT2D eigenvalue weighted by Crippen LogP contribution is -2.42. The van der Waals surface area contributed by atoms with Crippen molar-refractivity contribution in [3.8, 4) is 0 Å². The molecule has 0 aliphatic heterocycles. The van der Waals surface area contributed by atoms with Crippen LogP contribution in [-0.4, -0.2) is 30.8 Å². The Morgan fingerprint density at radius 3 is 2.74 bits per heavy atom. The van der Waals surface area contributed by atoms with Gasteiger partial charge in [-0.25, -0.2) is 4.79 Å². The Hall–Kier alpha value is -1.40. The molecule has 1 aromatic rings. The number of ether oxygens (including phenoxy) is 1. The highest BCUT2D eigenvalue weighted by Gasteiger charge is 2.20. The highest BCUT2D eigenvalue weighted by molar-refractivity contribution is 7.99. The van der Waals surface area contributed by atoms with Crippen molar-refractivity contribution in [1.29, 1.82) is 0 Å². The zero-order valence-corrected chi connectivity index (χ0v) is 12.2. The molecule has 0 saturated carbocycles.